The summed E-state index contributed by atoms with van der Waals surface area (Å²) in [5.41, 5.74) is -1.09. The fraction of sp³-hybridized carbons (Fsp3) is 0.700. The molecule has 0 aromatic carbocycles. The number of aliphatic hydroxyl groups is 1. The first-order chi connectivity index (χ1) is 12.3. The van der Waals surface area contributed by atoms with E-state index in [0.29, 0.717) is 31.6 Å². The fourth-order valence-electron chi connectivity index (χ4n) is 4.48. The highest BCUT2D eigenvalue weighted by atomic mass is 16.3. The first-order valence-electron chi connectivity index (χ1n) is 9.53. The second-order valence-electron chi connectivity index (χ2n) is 8.85. The number of aliphatic hydroxyl groups excluding tert-OH is 1. The molecule has 26 heavy (non-hydrogen) atoms. The van der Waals surface area contributed by atoms with E-state index in [1.165, 1.54) is 0 Å². The van der Waals surface area contributed by atoms with Crippen molar-refractivity contribution >= 4 is 11.8 Å². The molecule has 1 spiro atoms. The van der Waals surface area contributed by atoms with Crippen LogP contribution in [-0.2, 0) is 9.59 Å². The number of carbonyl (C=O) groups is 2. The van der Waals surface area contributed by atoms with Crippen LogP contribution in [0.3, 0.4) is 0 Å². The van der Waals surface area contributed by atoms with Crippen molar-refractivity contribution in [2.24, 2.45) is 11.3 Å². The molecule has 2 aliphatic heterocycles. The van der Waals surface area contributed by atoms with Crippen LogP contribution >= 0.6 is 0 Å². The van der Waals surface area contributed by atoms with Gasteiger partial charge in [-0.2, -0.15) is 0 Å². The Morgan fingerprint density at radius 2 is 2.19 bits per heavy atom. The molecule has 2 fully saturated rings. The van der Waals surface area contributed by atoms with E-state index in [1.807, 2.05) is 26.8 Å². The van der Waals surface area contributed by atoms with Crippen molar-refractivity contribution in [2.45, 2.75) is 64.5 Å². The minimum atomic E-state index is -0.899. The van der Waals surface area contributed by atoms with Gasteiger partial charge in [0.1, 0.15) is 11.3 Å². The van der Waals surface area contributed by atoms with Gasteiger partial charge in [0, 0.05) is 25.5 Å². The van der Waals surface area contributed by atoms with Crippen molar-refractivity contribution in [1.82, 2.24) is 10.2 Å². The normalized spacial score (nSPS) is 29.7. The Labute approximate surface area is 154 Å². The molecule has 2 saturated heterocycles. The highest BCUT2D eigenvalue weighted by Gasteiger charge is 2.58. The number of nitrogens with one attached hydrogen (secondary N) is 1. The standard InChI is InChI=1S/C20H30N2O4/c1-19(2,3)12-16(24)22-17(15-7-6-10-26-15)14(13-23)11-20(22)8-4-5-9-21-18(20)25/h6-7,10,14,17,23H,4-5,8-9,11-13H2,1-3H3,(H,21,25)/t14-,17-,20+/m1/s1. The topological polar surface area (TPSA) is 82.8 Å². The lowest BCUT2D eigenvalue weighted by atomic mass is 9.85. The van der Waals surface area contributed by atoms with E-state index in [2.05, 4.69) is 5.32 Å². The van der Waals surface area contributed by atoms with Crippen molar-refractivity contribution < 1.29 is 19.1 Å². The number of rotatable bonds is 3. The van der Waals surface area contributed by atoms with Gasteiger partial charge in [-0.1, -0.05) is 20.8 Å². The summed E-state index contributed by atoms with van der Waals surface area (Å²) in [6.45, 7) is 6.61. The highest BCUT2D eigenvalue weighted by Crippen LogP contribution is 2.50. The first kappa shape index (κ1) is 19.0. The van der Waals surface area contributed by atoms with E-state index in [-0.39, 0.29) is 29.8 Å². The van der Waals surface area contributed by atoms with Gasteiger partial charge in [0.15, 0.2) is 0 Å². The number of likely N-dealkylation sites (tertiary alicyclic amines) is 1. The van der Waals surface area contributed by atoms with Crippen molar-refractivity contribution in [3.05, 3.63) is 24.2 Å². The molecule has 3 heterocycles. The molecule has 3 rings (SSSR count). The number of carbonyl (C=O) groups excluding carboxylic acids is 2. The van der Waals surface area contributed by atoms with Gasteiger partial charge in [-0.25, -0.2) is 0 Å². The van der Waals surface area contributed by atoms with Crippen molar-refractivity contribution in [3.8, 4) is 0 Å². The van der Waals surface area contributed by atoms with Crippen LogP contribution in [0.25, 0.3) is 0 Å². The van der Waals surface area contributed by atoms with E-state index in [4.69, 9.17) is 4.42 Å². The monoisotopic (exact) mass is 362 g/mol. The number of amides is 2. The number of hydrogen-bond acceptors (Lipinski definition) is 4. The van der Waals surface area contributed by atoms with Crippen LogP contribution in [-0.4, -0.2) is 40.5 Å². The minimum Gasteiger partial charge on any atom is -0.467 e. The van der Waals surface area contributed by atoms with Crippen molar-refractivity contribution in [3.63, 3.8) is 0 Å². The van der Waals surface area contributed by atoms with E-state index in [0.717, 1.165) is 12.8 Å². The predicted octanol–water partition coefficient (Wildman–Crippen LogP) is 2.64. The predicted molar refractivity (Wildman–Crippen MR) is 97.2 cm³/mol. The van der Waals surface area contributed by atoms with Gasteiger partial charge >= 0.3 is 0 Å². The van der Waals surface area contributed by atoms with Gasteiger partial charge < -0.3 is 19.7 Å². The maximum absolute atomic E-state index is 13.4. The molecular weight excluding hydrogens is 332 g/mol. The SMILES string of the molecule is CC(C)(C)CC(=O)N1[C@@H](c2ccco2)[C@@H](CO)C[C@]12CCCCNC2=O. The molecule has 0 aliphatic carbocycles. The van der Waals surface area contributed by atoms with Gasteiger partial charge in [0.05, 0.1) is 12.3 Å². The number of hydrogen-bond donors (Lipinski definition) is 2. The third-order valence-corrected chi connectivity index (χ3v) is 5.53. The Bertz CT molecular complexity index is 649. The zero-order chi connectivity index (χ0) is 18.9. The molecule has 0 radical (unpaired) electrons. The lowest BCUT2D eigenvalue weighted by Gasteiger charge is -2.40. The largest absolute Gasteiger partial charge is 0.467 e. The molecule has 3 atom stereocenters. The van der Waals surface area contributed by atoms with Crippen LogP contribution in [0.2, 0.25) is 0 Å². The summed E-state index contributed by atoms with van der Waals surface area (Å²) in [6, 6.07) is 3.21. The summed E-state index contributed by atoms with van der Waals surface area (Å²) < 4.78 is 5.62. The van der Waals surface area contributed by atoms with E-state index >= 15 is 0 Å². The third kappa shape index (κ3) is 3.39. The molecule has 6 heteroatoms. The van der Waals surface area contributed by atoms with Gasteiger partial charge in [-0.3, -0.25) is 9.59 Å². The summed E-state index contributed by atoms with van der Waals surface area (Å²) >= 11 is 0. The molecule has 1 aromatic heterocycles. The Morgan fingerprint density at radius 1 is 1.42 bits per heavy atom. The molecule has 0 unspecified atom stereocenters. The summed E-state index contributed by atoms with van der Waals surface area (Å²) in [7, 11) is 0. The quantitative estimate of drug-likeness (QED) is 0.866. The summed E-state index contributed by atoms with van der Waals surface area (Å²) in [4.78, 5) is 28.2. The number of furan rings is 1. The fourth-order valence-corrected chi connectivity index (χ4v) is 4.48. The average molecular weight is 362 g/mol. The van der Waals surface area contributed by atoms with E-state index in [1.54, 1.807) is 17.2 Å². The van der Waals surface area contributed by atoms with Gasteiger partial charge in [0.25, 0.3) is 0 Å². The third-order valence-electron chi connectivity index (χ3n) is 5.53. The smallest absolute Gasteiger partial charge is 0.246 e. The van der Waals surface area contributed by atoms with Gasteiger partial charge in [0.2, 0.25) is 11.8 Å². The molecule has 2 amide bonds. The first-order valence-corrected chi connectivity index (χ1v) is 9.53. The molecule has 6 nitrogen and oxygen atoms in total. The van der Waals surface area contributed by atoms with E-state index in [9.17, 15) is 14.7 Å². The van der Waals surface area contributed by atoms with Crippen LogP contribution in [0.1, 0.15) is 64.7 Å². The molecule has 0 bridgehead atoms. The lowest BCUT2D eigenvalue weighted by molar-refractivity contribution is -0.149. The average Bonchev–Trinajstić information content (AvgIpc) is 3.13. The van der Waals surface area contributed by atoms with Crippen LogP contribution < -0.4 is 5.32 Å². The zero-order valence-electron chi connectivity index (χ0n) is 16.0. The van der Waals surface area contributed by atoms with Gasteiger partial charge in [-0.15, -0.1) is 0 Å². The second kappa shape index (κ2) is 7.06. The van der Waals surface area contributed by atoms with Crippen molar-refractivity contribution in [1.29, 1.82) is 0 Å². The highest BCUT2D eigenvalue weighted by molar-refractivity contribution is 5.93. The Kier molecular flexibility index (Phi) is 5.15. The maximum atomic E-state index is 13.4. The second-order valence-corrected chi connectivity index (χ2v) is 8.85. The van der Waals surface area contributed by atoms with Crippen LogP contribution in [0.4, 0.5) is 0 Å². The van der Waals surface area contributed by atoms with Crippen molar-refractivity contribution in [2.75, 3.05) is 13.2 Å². The summed E-state index contributed by atoms with van der Waals surface area (Å²) in [5.74, 6) is 0.283. The molecule has 2 N–H and O–H groups in total. The molecule has 0 saturated carbocycles. The molecule has 2 aliphatic rings. The Hall–Kier alpha value is -1.82. The van der Waals surface area contributed by atoms with E-state index < -0.39 is 11.6 Å². The lowest BCUT2D eigenvalue weighted by Crippen LogP contribution is -2.57. The van der Waals surface area contributed by atoms with Crippen LogP contribution in [0.5, 0.6) is 0 Å². The number of nitrogens with zero attached hydrogens (tertiary/aromatic N) is 1. The maximum Gasteiger partial charge on any atom is 0.246 e. The van der Waals surface area contributed by atoms with Crippen LogP contribution in [0, 0.1) is 11.3 Å². The summed E-state index contributed by atoms with van der Waals surface area (Å²) in [6.07, 6.45) is 4.80. The van der Waals surface area contributed by atoms with Crippen LogP contribution in [0.15, 0.2) is 22.8 Å². The Balaban J connectivity index is 2.07. The summed E-state index contributed by atoms with van der Waals surface area (Å²) in [5, 5.41) is 13.0. The molecule has 1 aromatic rings. The minimum absolute atomic E-state index is 0.0492. The Morgan fingerprint density at radius 3 is 2.81 bits per heavy atom. The molecule has 144 valence electrons. The van der Waals surface area contributed by atoms with Gasteiger partial charge in [-0.05, 0) is 43.2 Å². The molecular formula is C20H30N2O4. The zero-order valence-corrected chi connectivity index (χ0v) is 16.0.